The van der Waals surface area contributed by atoms with Gasteiger partial charge in [-0.3, -0.25) is 14.5 Å². The minimum atomic E-state index is -1.24. The number of carbonyl (C=O) groups is 3. The zero-order valence-electron chi connectivity index (χ0n) is 13.6. The predicted molar refractivity (Wildman–Crippen MR) is 102 cm³/mol. The predicted octanol–water partition coefficient (Wildman–Crippen LogP) is 3.01. The van der Waals surface area contributed by atoms with Crippen LogP contribution in [0.4, 0.5) is 10.6 Å². The van der Waals surface area contributed by atoms with Crippen molar-refractivity contribution in [1.82, 2.24) is 15.2 Å². The van der Waals surface area contributed by atoms with Gasteiger partial charge in [-0.1, -0.05) is 34.1 Å². The van der Waals surface area contributed by atoms with Gasteiger partial charge in [-0.2, -0.15) is 0 Å². The van der Waals surface area contributed by atoms with Crippen molar-refractivity contribution in [3.63, 3.8) is 0 Å². The lowest BCUT2D eigenvalue weighted by Gasteiger charge is -2.23. The Labute approximate surface area is 166 Å². The molecule has 1 fully saturated rings. The van der Waals surface area contributed by atoms with Crippen molar-refractivity contribution >= 4 is 55.5 Å². The molecule has 3 rings (SSSR count). The van der Waals surface area contributed by atoms with Gasteiger partial charge in [0.2, 0.25) is 5.91 Å². The van der Waals surface area contributed by atoms with Crippen LogP contribution in [0.3, 0.4) is 0 Å². The zero-order valence-corrected chi connectivity index (χ0v) is 16.8. The topological polar surface area (TPSA) is 91.4 Å². The zero-order chi connectivity index (χ0) is 18.9. The second kappa shape index (κ2) is 7.16. The van der Waals surface area contributed by atoms with Gasteiger partial charge in [-0.25, -0.2) is 9.78 Å². The summed E-state index contributed by atoms with van der Waals surface area (Å²) in [6, 6.07) is 9.84. The lowest BCUT2D eigenvalue weighted by atomic mass is 9.92. The lowest BCUT2D eigenvalue weighted by Crippen LogP contribution is -2.42. The molecule has 134 valence electrons. The van der Waals surface area contributed by atoms with E-state index in [9.17, 15) is 14.4 Å². The van der Waals surface area contributed by atoms with Crippen LogP contribution >= 0.6 is 31.9 Å². The van der Waals surface area contributed by atoms with Gasteiger partial charge >= 0.3 is 6.03 Å². The summed E-state index contributed by atoms with van der Waals surface area (Å²) < 4.78 is 1.47. The molecule has 2 heterocycles. The Hall–Kier alpha value is -2.26. The third-order valence-electron chi connectivity index (χ3n) is 3.98. The fourth-order valence-corrected chi connectivity index (χ4v) is 3.58. The second-order valence-corrected chi connectivity index (χ2v) is 7.61. The van der Waals surface area contributed by atoms with Crippen LogP contribution in [0, 0.1) is 0 Å². The third kappa shape index (κ3) is 3.49. The van der Waals surface area contributed by atoms with E-state index in [-0.39, 0.29) is 0 Å². The van der Waals surface area contributed by atoms with Crippen molar-refractivity contribution in [2.75, 3.05) is 11.9 Å². The Balaban J connectivity index is 1.76. The molecule has 4 amide bonds. The molecule has 26 heavy (non-hydrogen) atoms. The first-order chi connectivity index (χ1) is 12.3. The highest BCUT2D eigenvalue weighted by Crippen LogP contribution is 2.33. The summed E-state index contributed by atoms with van der Waals surface area (Å²) in [5.74, 6) is -0.674. The van der Waals surface area contributed by atoms with Crippen molar-refractivity contribution in [3.8, 4) is 0 Å². The van der Waals surface area contributed by atoms with Gasteiger partial charge in [0.05, 0.1) is 0 Å². The Morgan fingerprint density at radius 1 is 1.23 bits per heavy atom. The number of benzene rings is 1. The summed E-state index contributed by atoms with van der Waals surface area (Å²) in [6.45, 7) is 1.21. The highest BCUT2D eigenvalue weighted by molar-refractivity contribution is 9.10. The number of hydrogen-bond donors (Lipinski definition) is 2. The lowest BCUT2D eigenvalue weighted by molar-refractivity contribution is -0.133. The van der Waals surface area contributed by atoms with E-state index in [0.29, 0.717) is 15.9 Å². The molecule has 1 aromatic heterocycles. The van der Waals surface area contributed by atoms with Gasteiger partial charge in [-0.05, 0) is 41.1 Å². The highest BCUT2D eigenvalue weighted by atomic mass is 79.9. The molecule has 1 saturated heterocycles. The van der Waals surface area contributed by atoms with Crippen LogP contribution in [-0.4, -0.2) is 34.3 Å². The Bertz CT molecular complexity index is 888. The molecule has 2 N–H and O–H groups in total. The molecule has 0 radical (unpaired) electrons. The third-order valence-corrected chi connectivity index (χ3v) is 5.14. The normalized spacial score (nSPS) is 19.4. The number of rotatable bonds is 4. The number of aromatic nitrogens is 1. The van der Waals surface area contributed by atoms with Crippen LogP contribution in [0.1, 0.15) is 12.5 Å². The summed E-state index contributed by atoms with van der Waals surface area (Å²) in [4.78, 5) is 42.3. The van der Waals surface area contributed by atoms with Gasteiger partial charge in [0.25, 0.3) is 5.91 Å². The number of hydrogen-bond acceptors (Lipinski definition) is 4. The number of halogens is 2. The maximum Gasteiger partial charge on any atom is 0.325 e. The number of urea groups is 1. The fourth-order valence-electron chi connectivity index (χ4n) is 2.67. The number of pyridine rings is 1. The second-order valence-electron chi connectivity index (χ2n) is 5.84. The average molecular weight is 482 g/mol. The van der Waals surface area contributed by atoms with Crippen molar-refractivity contribution in [2.24, 2.45) is 0 Å². The standard InChI is InChI=1S/C17H14Br2N4O3/c1-17(11-4-2-3-5-12(11)19)15(25)23(16(26)22-17)9-14(24)21-13-7-6-10(18)8-20-13/h2-8H,9H2,1H3,(H,22,26)(H,20,21,24). The van der Waals surface area contributed by atoms with Gasteiger partial charge in [-0.15, -0.1) is 0 Å². The number of anilines is 1. The van der Waals surface area contributed by atoms with E-state index < -0.39 is 29.9 Å². The smallest absolute Gasteiger partial charge is 0.319 e. The Morgan fingerprint density at radius 2 is 1.96 bits per heavy atom. The average Bonchev–Trinajstić information content (AvgIpc) is 2.81. The molecule has 1 aliphatic rings. The number of imide groups is 1. The number of nitrogens with zero attached hydrogens (tertiary/aromatic N) is 2. The first kappa shape index (κ1) is 18.5. The van der Waals surface area contributed by atoms with Gasteiger partial charge in [0.1, 0.15) is 17.9 Å². The molecular weight excluding hydrogens is 468 g/mol. The molecule has 0 saturated carbocycles. The van der Waals surface area contributed by atoms with Crippen LogP contribution in [0.15, 0.2) is 51.5 Å². The highest BCUT2D eigenvalue weighted by Gasteiger charge is 2.50. The molecule has 2 aromatic rings. The van der Waals surface area contributed by atoms with E-state index in [4.69, 9.17) is 0 Å². The summed E-state index contributed by atoms with van der Waals surface area (Å²) >= 11 is 6.65. The fraction of sp³-hybridized carbons (Fsp3) is 0.176. The summed E-state index contributed by atoms with van der Waals surface area (Å²) in [5, 5.41) is 5.23. The molecule has 1 atom stereocenters. The summed E-state index contributed by atoms with van der Waals surface area (Å²) in [6.07, 6.45) is 1.54. The maximum absolute atomic E-state index is 12.8. The van der Waals surface area contributed by atoms with Crippen LogP contribution in [0.5, 0.6) is 0 Å². The Kier molecular flexibility index (Phi) is 5.10. The monoisotopic (exact) mass is 480 g/mol. The Morgan fingerprint density at radius 3 is 2.62 bits per heavy atom. The summed E-state index contributed by atoms with van der Waals surface area (Å²) in [5.41, 5.74) is -0.622. The summed E-state index contributed by atoms with van der Waals surface area (Å²) in [7, 11) is 0. The molecule has 7 nitrogen and oxygen atoms in total. The van der Waals surface area contributed by atoms with Gasteiger partial charge < -0.3 is 10.6 Å². The molecule has 1 aromatic carbocycles. The first-order valence-electron chi connectivity index (χ1n) is 7.62. The van der Waals surface area contributed by atoms with Gasteiger partial charge in [0, 0.05) is 20.7 Å². The number of nitrogens with one attached hydrogen (secondary N) is 2. The molecule has 0 aliphatic carbocycles. The number of amides is 4. The molecule has 1 aliphatic heterocycles. The van der Waals surface area contributed by atoms with E-state index in [2.05, 4.69) is 47.5 Å². The molecule has 1 unspecified atom stereocenters. The van der Waals surface area contributed by atoms with Crippen molar-refractivity contribution in [1.29, 1.82) is 0 Å². The van der Waals surface area contributed by atoms with E-state index >= 15 is 0 Å². The van der Waals surface area contributed by atoms with E-state index in [1.807, 2.05) is 6.07 Å². The van der Waals surface area contributed by atoms with Crippen LogP contribution < -0.4 is 10.6 Å². The quantitative estimate of drug-likeness (QED) is 0.656. The first-order valence-corrected chi connectivity index (χ1v) is 9.20. The minimum absolute atomic E-state index is 0.332. The van der Waals surface area contributed by atoms with Crippen molar-refractivity contribution < 1.29 is 14.4 Å². The number of carbonyl (C=O) groups excluding carboxylic acids is 3. The van der Waals surface area contributed by atoms with Crippen molar-refractivity contribution in [2.45, 2.75) is 12.5 Å². The van der Waals surface area contributed by atoms with Crippen molar-refractivity contribution in [3.05, 3.63) is 57.1 Å². The largest absolute Gasteiger partial charge is 0.325 e. The molecule has 0 spiro atoms. The SMILES string of the molecule is CC1(c2ccccc2Br)NC(=O)N(CC(=O)Nc2ccc(Br)cn2)C1=O. The van der Waals surface area contributed by atoms with Crippen LogP contribution in [0.25, 0.3) is 0 Å². The van der Waals surface area contributed by atoms with E-state index in [1.165, 1.54) is 6.20 Å². The van der Waals surface area contributed by atoms with Gasteiger partial charge in [0.15, 0.2) is 0 Å². The minimum Gasteiger partial charge on any atom is -0.319 e. The van der Waals surface area contributed by atoms with Crippen LogP contribution in [-0.2, 0) is 15.1 Å². The van der Waals surface area contributed by atoms with E-state index in [1.54, 1.807) is 37.3 Å². The molecule has 9 heteroatoms. The van der Waals surface area contributed by atoms with E-state index in [0.717, 1.165) is 9.37 Å². The maximum atomic E-state index is 12.8. The van der Waals surface area contributed by atoms with Crippen LogP contribution in [0.2, 0.25) is 0 Å². The molecule has 0 bridgehead atoms. The molecular formula is C17H14Br2N4O3.